The largest absolute Gasteiger partial charge is 0.333 e. The van der Waals surface area contributed by atoms with Crippen molar-refractivity contribution in [3.8, 4) is 0 Å². The number of hydrogen-bond acceptors (Lipinski definition) is 5. The molecule has 2 aromatic carbocycles. The summed E-state index contributed by atoms with van der Waals surface area (Å²) in [5.74, 6) is 0.512. The van der Waals surface area contributed by atoms with Crippen LogP contribution in [0.15, 0.2) is 52.5 Å². The van der Waals surface area contributed by atoms with Gasteiger partial charge in [-0.1, -0.05) is 35.5 Å². The number of sulfone groups is 1. The van der Waals surface area contributed by atoms with E-state index >= 15 is 0 Å². The second kappa shape index (κ2) is 8.33. The number of aromatic nitrogens is 2. The Balaban J connectivity index is 1.51. The fourth-order valence-corrected chi connectivity index (χ4v) is 4.08. The molecule has 0 atom stereocenters. The van der Waals surface area contributed by atoms with Gasteiger partial charge < -0.3 is 10.3 Å². The van der Waals surface area contributed by atoms with Gasteiger partial charge in [0.2, 0.25) is 5.91 Å². The van der Waals surface area contributed by atoms with E-state index < -0.39 is 9.84 Å². The van der Waals surface area contributed by atoms with Crippen LogP contribution < -0.4 is 5.32 Å². The van der Waals surface area contributed by atoms with E-state index in [1.807, 2.05) is 24.3 Å². The molecular formula is C18H18ClN3O3S2. The number of rotatable bonds is 7. The van der Waals surface area contributed by atoms with Crippen molar-refractivity contribution in [1.29, 1.82) is 0 Å². The smallest absolute Gasteiger partial charge is 0.224 e. The summed E-state index contributed by atoms with van der Waals surface area (Å²) in [5, 5.41) is 3.79. The Bertz CT molecular complexity index is 1050. The van der Waals surface area contributed by atoms with Crippen LogP contribution in [0.2, 0.25) is 5.02 Å². The maximum absolute atomic E-state index is 12.1. The van der Waals surface area contributed by atoms with E-state index in [0.717, 1.165) is 28.2 Å². The predicted molar refractivity (Wildman–Crippen MR) is 109 cm³/mol. The zero-order chi connectivity index (χ0) is 19.4. The third-order valence-electron chi connectivity index (χ3n) is 3.79. The predicted octanol–water partition coefficient (Wildman–Crippen LogP) is 4.13. The number of thioether (sulfide) groups is 1. The molecule has 142 valence electrons. The van der Waals surface area contributed by atoms with Crippen molar-refractivity contribution in [3.63, 3.8) is 0 Å². The minimum atomic E-state index is -3.36. The maximum atomic E-state index is 12.1. The van der Waals surface area contributed by atoms with Crippen LogP contribution in [-0.2, 0) is 14.6 Å². The van der Waals surface area contributed by atoms with Crippen LogP contribution in [0.5, 0.6) is 0 Å². The number of nitrogens with one attached hydrogen (secondary N) is 2. The summed E-state index contributed by atoms with van der Waals surface area (Å²) in [6.07, 6.45) is 2.06. The van der Waals surface area contributed by atoms with Gasteiger partial charge in [0.15, 0.2) is 15.0 Å². The lowest BCUT2D eigenvalue weighted by molar-refractivity contribution is -0.116. The SMILES string of the molecule is CS(=O)(=O)c1ccc(Cl)c(NC(=O)CCCSc2nc3ccccc3[nH]2)c1. The van der Waals surface area contributed by atoms with Gasteiger partial charge in [-0.05, 0) is 36.8 Å². The van der Waals surface area contributed by atoms with E-state index in [2.05, 4.69) is 15.3 Å². The number of nitrogens with zero attached hydrogens (tertiary/aromatic N) is 1. The van der Waals surface area contributed by atoms with E-state index in [-0.39, 0.29) is 10.8 Å². The Kier molecular flexibility index (Phi) is 6.08. The molecule has 0 saturated carbocycles. The van der Waals surface area contributed by atoms with Crippen LogP contribution in [-0.4, -0.2) is 36.3 Å². The number of hydrogen-bond donors (Lipinski definition) is 2. The lowest BCUT2D eigenvalue weighted by Crippen LogP contribution is -2.12. The molecule has 0 aliphatic heterocycles. The number of aromatic amines is 1. The second-order valence-corrected chi connectivity index (χ2v) is 9.48. The molecule has 3 rings (SSSR count). The molecule has 0 fully saturated rings. The van der Waals surface area contributed by atoms with Crippen LogP contribution in [0.4, 0.5) is 5.69 Å². The molecule has 0 bridgehead atoms. The number of imidazole rings is 1. The fraction of sp³-hybridized carbons (Fsp3) is 0.222. The van der Waals surface area contributed by atoms with Gasteiger partial charge in [-0.3, -0.25) is 4.79 Å². The molecule has 0 unspecified atom stereocenters. The van der Waals surface area contributed by atoms with Gasteiger partial charge >= 0.3 is 0 Å². The molecule has 0 radical (unpaired) electrons. The molecule has 1 heterocycles. The van der Waals surface area contributed by atoms with Crippen molar-refractivity contribution in [3.05, 3.63) is 47.5 Å². The van der Waals surface area contributed by atoms with Gasteiger partial charge in [-0.15, -0.1) is 0 Å². The van der Waals surface area contributed by atoms with Crippen molar-refractivity contribution < 1.29 is 13.2 Å². The van der Waals surface area contributed by atoms with Crippen molar-refractivity contribution in [2.45, 2.75) is 22.9 Å². The van der Waals surface area contributed by atoms with Crippen molar-refractivity contribution in [2.24, 2.45) is 0 Å². The molecule has 6 nitrogen and oxygen atoms in total. The molecule has 0 aliphatic rings. The van der Waals surface area contributed by atoms with E-state index in [1.54, 1.807) is 11.8 Å². The van der Waals surface area contributed by atoms with E-state index in [9.17, 15) is 13.2 Å². The average Bonchev–Trinajstić information content (AvgIpc) is 3.02. The summed E-state index contributed by atoms with van der Waals surface area (Å²) in [5.41, 5.74) is 2.20. The third-order valence-corrected chi connectivity index (χ3v) is 6.19. The zero-order valence-electron chi connectivity index (χ0n) is 14.5. The molecule has 0 saturated heterocycles. The first kappa shape index (κ1) is 19.7. The lowest BCUT2D eigenvalue weighted by atomic mass is 10.3. The first-order chi connectivity index (χ1) is 12.8. The van der Waals surface area contributed by atoms with Gasteiger partial charge in [-0.2, -0.15) is 0 Å². The highest BCUT2D eigenvalue weighted by Gasteiger charge is 2.12. The fourth-order valence-electron chi connectivity index (χ4n) is 2.44. The number of halogens is 1. The van der Waals surface area contributed by atoms with Crippen LogP contribution in [0.1, 0.15) is 12.8 Å². The van der Waals surface area contributed by atoms with Gasteiger partial charge in [0.05, 0.1) is 26.6 Å². The number of anilines is 1. The number of carbonyl (C=O) groups excluding carboxylic acids is 1. The van der Waals surface area contributed by atoms with Gasteiger partial charge in [0, 0.05) is 18.4 Å². The van der Waals surface area contributed by atoms with Crippen molar-refractivity contribution in [2.75, 3.05) is 17.3 Å². The van der Waals surface area contributed by atoms with Crippen molar-refractivity contribution >= 4 is 55.8 Å². The molecule has 2 N–H and O–H groups in total. The molecule has 27 heavy (non-hydrogen) atoms. The molecule has 1 aromatic heterocycles. The maximum Gasteiger partial charge on any atom is 0.224 e. The summed E-state index contributed by atoms with van der Waals surface area (Å²) in [6.45, 7) is 0. The molecule has 3 aromatic rings. The average molecular weight is 424 g/mol. The van der Waals surface area contributed by atoms with Crippen LogP contribution in [0.3, 0.4) is 0 Å². The normalized spacial score (nSPS) is 11.6. The molecule has 0 spiro atoms. The van der Waals surface area contributed by atoms with Crippen LogP contribution >= 0.6 is 23.4 Å². The molecule has 9 heteroatoms. The Labute approximate surface area is 166 Å². The monoisotopic (exact) mass is 423 g/mol. The summed E-state index contributed by atoms with van der Waals surface area (Å²) < 4.78 is 23.3. The summed E-state index contributed by atoms with van der Waals surface area (Å²) in [7, 11) is -3.36. The van der Waals surface area contributed by atoms with E-state index in [0.29, 0.717) is 23.6 Å². The van der Waals surface area contributed by atoms with Crippen molar-refractivity contribution in [1.82, 2.24) is 9.97 Å². The number of para-hydroxylation sites is 2. The highest BCUT2D eigenvalue weighted by Crippen LogP contribution is 2.26. The van der Waals surface area contributed by atoms with Gasteiger partial charge in [0.1, 0.15) is 0 Å². The minimum Gasteiger partial charge on any atom is -0.333 e. The van der Waals surface area contributed by atoms with E-state index in [1.165, 1.54) is 18.2 Å². The first-order valence-corrected chi connectivity index (χ1v) is 11.5. The Morgan fingerprint density at radius 1 is 1.26 bits per heavy atom. The Morgan fingerprint density at radius 3 is 2.78 bits per heavy atom. The summed E-state index contributed by atoms with van der Waals surface area (Å²) >= 11 is 7.60. The summed E-state index contributed by atoms with van der Waals surface area (Å²) in [6, 6.07) is 12.0. The van der Waals surface area contributed by atoms with Gasteiger partial charge in [-0.25, -0.2) is 13.4 Å². The lowest BCUT2D eigenvalue weighted by Gasteiger charge is -2.09. The van der Waals surface area contributed by atoms with Crippen LogP contribution in [0, 0.1) is 0 Å². The molecule has 1 amide bonds. The van der Waals surface area contributed by atoms with Gasteiger partial charge in [0.25, 0.3) is 0 Å². The molecular weight excluding hydrogens is 406 g/mol. The molecule has 0 aliphatic carbocycles. The number of amides is 1. The Morgan fingerprint density at radius 2 is 2.04 bits per heavy atom. The third kappa shape index (κ3) is 5.24. The zero-order valence-corrected chi connectivity index (χ0v) is 16.9. The van der Waals surface area contributed by atoms with E-state index in [4.69, 9.17) is 11.6 Å². The van der Waals surface area contributed by atoms with Crippen LogP contribution in [0.25, 0.3) is 11.0 Å². The second-order valence-electron chi connectivity index (χ2n) is 5.97. The highest BCUT2D eigenvalue weighted by molar-refractivity contribution is 7.99. The highest BCUT2D eigenvalue weighted by atomic mass is 35.5. The first-order valence-electron chi connectivity index (χ1n) is 8.20. The topological polar surface area (TPSA) is 91.9 Å². The number of benzene rings is 2. The number of fused-ring (bicyclic) bond motifs is 1. The summed E-state index contributed by atoms with van der Waals surface area (Å²) in [4.78, 5) is 19.9. The number of H-pyrrole nitrogens is 1. The quantitative estimate of drug-likeness (QED) is 0.440. The minimum absolute atomic E-state index is 0.114. The number of carbonyl (C=O) groups is 1. The Hall–Kier alpha value is -2.03. The standard InChI is InChI=1S/C18H18ClN3O3S2/c1-27(24,25)12-8-9-13(19)16(11-12)20-17(23)7-4-10-26-18-21-14-5-2-3-6-15(14)22-18/h2-3,5-6,8-9,11H,4,7,10H2,1H3,(H,20,23)(H,21,22).